The Kier molecular flexibility index (Phi) is 6.92. The number of nitrogens with zero attached hydrogens (tertiary/aromatic N) is 1. The maximum Gasteiger partial charge on any atom is 0.251 e. The molecule has 2 aromatic rings. The number of amides is 1. The fourth-order valence-electron chi connectivity index (χ4n) is 3.57. The van der Waals surface area contributed by atoms with E-state index in [-0.39, 0.29) is 10.8 Å². The molecule has 0 aliphatic carbocycles. The highest BCUT2D eigenvalue weighted by molar-refractivity contribution is 7.89. The molecule has 0 atom stereocenters. The van der Waals surface area contributed by atoms with Gasteiger partial charge in [0.2, 0.25) is 10.0 Å². The van der Waals surface area contributed by atoms with E-state index in [9.17, 15) is 13.2 Å². The Bertz CT molecular complexity index is 967. The van der Waals surface area contributed by atoms with E-state index < -0.39 is 10.0 Å². The second kappa shape index (κ2) is 9.41. The highest BCUT2D eigenvalue weighted by Gasteiger charge is 2.28. The van der Waals surface area contributed by atoms with Gasteiger partial charge in [-0.3, -0.25) is 4.79 Å². The summed E-state index contributed by atoms with van der Waals surface area (Å²) in [6.07, 6.45) is 3.30. The van der Waals surface area contributed by atoms with Crippen molar-refractivity contribution in [1.29, 1.82) is 0 Å². The average molecular weight is 417 g/mol. The summed E-state index contributed by atoms with van der Waals surface area (Å²) in [4.78, 5) is 12.8. The van der Waals surface area contributed by atoms with Gasteiger partial charge in [0.05, 0.1) is 12.0 Å². The molecule has 2 aromatic carbocycles. The van der Waals surface area contributed by atoms with E-state index >= 15 is 0 Å². The lowest BCUT2D eigenvalue weighted by molar-refractivity contribution is 0.0952. The number of para-hydroxylation sites is 1. The van der Waals surface area contributed by atoms with Gasteiger partial charge in [-0.15, -0.1) is 0 Å². The Morgan fingerprint density at radius 2 is 1.86 bits per heavy atom. The third kappa shape index (κ3) is 4.97. The Morgan fingerprint density at radius 1 is 1.14 bits per heavy atom. The number of methoxy groups -OCH3 is 1. The predicted octanol–water partition coefficient (Wildman–Crippen LogP) is 3.15. The third-order valence-corrected chi connectivity index (χ3v) is 7.15. The number of carbonyl (C=O) groups excluding carboxylic acids is 1. The monoisotopic (exact) mass is 416 g/mol. The van der Waals surface area contributed by atoms with E-state index in [2.05, 4.69) is 5.32 Å². The van der Waals surface area contributed by atoms with Gasteiger partial charge in [-0.05, 0) is 61.9 Å². The van der Waals surface area contributed by atoms with Crippen LogP contribution in [0.4, 0.5) is 0 Å². The summed E-state index contributed by atoms with van der Waals surface area (Å²) in [5, 5.41) is 2.91. The van der Waals surface area contributed by atoms with Gasteiger partial charge < -0.3 is 10.1 Å². The maximum absolute atomic E-state index is 12.8. The lowest BCUT2D eigenvalue weighted by atomic mass is 10.1. The van der Waals surface area contributed by atoms with E-state index in [4.69, 9.17) is 4.74 Å². The molecule has 1 saturated heterocycles. The van der Waals surface area contributed by atoms with E-state index in [1.54, 1.807) is 19.2 Å². The second-order valence-corrected chi connectivity index (χ2v) is 9.20. The SMILES string of the molecule is COc1ccccc1CCCNC(=O)c1cc(S(=O)(=O)N2CCCC2)ccc1C. The highest BCUT2D eigenvalue weighted by atomic mass is 32.2. The smallest absolute Gasteiger partial charge is 0.251 e. The minimum absolute atomic E-state index is 0.184. The standard InChI is InChI=1S/C22H28N2O4S/c1-17-11-12-19(29(26,27)24-14-5-6-15-24)16-20(17)22(25)23-13-7-9-18-8-3-4-10-21(18)28-2/h3-4,8,10-12,16H,5-7,9,13-15H2,1-2H3,(H,23,25). The van der Waals surface area contributed by atoms with Crippen molar-refractivity contribution in [2.75, 3.05) is 26.7 Å². The molecule has 6 nitrogen and oxygen atoms in total. The van der Waals surface area contributed by atoms with Crippen molar-refractivity contribution in [3.05, 3.63) is 59.2 Å². The van der Waals surface area contributed by atoms with Crippen LogP contribution in [0.1, 0.15) is 40.7 Å². The van der Waals surface area contributed by atoms with Crippen molar-refractivity contribution in [2.24, 2.45) is 0 Å². The van der Waals surface area contributed by atoms with Gasteiger partial charge in [0, 0.05) is 25.2 Å². The zero-order valence-electron chi connectivity index (χ0n) is 17.0. The summed E-state index contributed by atoms with van der Waals surface area (Å²) >= 11 is 0. The van der Waals surface area contributed by atoms with Crippen molar-refractivity contribution < 1.29 is 17.9 Å². The first-order valence-corrected chi connectivity index (χ1v) is 11.4. The predicted molar refractivity (Wildman–Crippen MR) is 113 cm³/mol. The van der Waals surface area contributed by atoms with Gasteiger partial charge in [0.15, 0.2) is 0 Å². The van der Waals surface area contributed by atoms with Gasteiger partial charge >= 0.3 is 0 Å². The molecule has 0 spiro atoms. The molecule has 1 heterocycles. The van der Waals surface area contributed by atoms with Crippen LogP contribution in [0.15, 0.2) is 47.4 Å². The van der Waals surface area contributed by atoms with Gasteiger partial charge in [0.1, 0.15) is 5.75 Å². The van der Waals surface area contributed by atoms with E-state index in [1.807, 2.05) is 31.2 Å². The minimum atomic E-state index is -3.54. The zero-order chi connectivity index (χ0) is 20.9. The Morgan fingerprint density at radius 3 is 2.59 bits per heavy atom. The van der Waals surface area contributed by atoms with Crippen molar-refractivity contribution in [3.8, 4) is 5.75 Å². The van der Waals surface area contributed by atoms with Crippen LogP contribution >= 0.6 is 0 Å². The lowest BCUT2D eigenvalue weighted by Crippen LogP contribution is -2.29. The molecule has 3 rings (SSSR count). The van der Waals surface area contributed by atoms with Gasteiger partial charge in [-0.25, -0.2) is 8.42 Å². The maximum atomic E-state index is 12.8. The number of carbonyl (C=O) groups is 1. The molecule has 1 aliphatic heterocycles. The van der Waals surface area contributed by atoms with Crippen molar-refractivity contribution >= 4 is 15.9 Å². The number of hydrogen-bond acceptors (Lipinski definition) is 4. The number of aryl methyl sites for hydroxylation is 2. The molecule has 1 fully saturated rings. The normalized spacial score (nSPS) is 14.7. The summed E-state index contributed by atoms with van der Waals surface area (Å²) in [6, 6.07) is 12.6. The molecule has 1 N–H and O–H groups in total. The molecule has 0 bridgehead atoms. The summed E-state index contributed by atoms with van der Waals surface area (Å²) in [5.74, 6) is 0.593. The second-order valence-electron chi connectivity index (χ2n) is 7.26. The molecule has 0 radical (unpaired) electrons. The molecular weight excluding hydrogens is 388 g/mol. The molecule has 1 amide bonds. The molecule has 0 unspecified atom stereocenters. The number of nitrogens with one attached hydrogen (secondary N) is 1. The Hall–Kier alpha value is -2.38. The first-order valence-electron chi connectivity index (χ1n) is 9.94. The highest BCUT2D eigenvalue weighted by Crippen LogP contribution is 2.23. The lowest BCUT2D eigenvalue weighted by Gasteiger charge is -2.17. The minimum Gasteiger partial charge on any atom is -0.496 e. The summed E-state index contributed by atoms with van der Waals surface area (Å²) in [5.41, 5.74) is 2.26. The van der Waals surface area contributed by atoms with Gasteiger partial charge in [-0.2, -0.15) is 4.31 Å². The Balaban J connectivity index is 1.63. The first kappa shape index (κ1) is 21.3. The number of hydrogen-bond donors (Lipinski definition) is 1. The van der Waals surface area contributed by atoms with Crippen LogP contribution in [0.3, 0.4) is 0 Å². The van der Waals surface area contributed by atoms with Crippen LogP contribution in [0.25, 0.3) is 0 Å². The van der Waals surface area contributed by atoms with E-state index in [1.165, 1.54) is 10.4 Å². The van der Waals surface area contributed by atoms with Crippen LogP contribution in [0.2, 0.25) is 0 Å². The summed E-state index contributed by atoms with van der Waals surface area (Å²) < 4.78 is 32.4. The van der Waals surface area contributed by atoms with Crippen molar-refractivity contribution in [1.82, 2.24) is 9.62 Å². The van der Waals surface area contributed by atoms with Crippen LogP contribution in [0, 0.1) is 6.92 Å². The number of rotatable bonds is 8. The summed E-state index contributed by atoms with van der Waals surface area (Å²) in [6.45, 7) is 3.40. The Labute approximate surface area is 172 Å². The first-order chi connectivity index (χ1) is 13.9. The summed E-state index contributed by atoms with van der Waals surface area (Å²) in [7, 11) is -1.90. The van der Waals surface area contributed by atoms with E-state index in [0.717, 1.165) is 42.6 Å². The molecule has 1 aliphatic rings. The molecule has 0 saturated carbocycles. The topological polar surface area (TPSA) is 75.7 Å². The quantitative estimate of drug-likeness (QED) is 0.671. The number of sulfonamides is 1. The third-order valence-electron chi connectivity index (χ3n) is 5.26. The fraction of sp³-hybridized carbons (Fsp3) is 0.409. The van der Waals surface area contributed by atoms with Crippen LogP contribution in [-0.4, -0.2) is 45.4 Å². The molecule has 29 heavy (non-hydrogen) atoms. The number of benzene rings is 2. The largest absolute Gasteiger partial charge is 0.496 e. The molecular formula is C22H28N2O4S. The fourth-order valence-corrected chi connectivity index (χ4v) is 5.11. The zero-order valence-corrected chi connectivity index (χ0v) is 17.8. The van der Waals surface area contributed by atoms with E-state index in [0.29, 0.717) is 25.2 Å². The molecule has 156 valence electrons. The van der Waals surface area contributed by atoms with Crippen molar-refractivity contribution in [2.45, 2.75) is 37.5 Å². The van der Waals surface area contributed by atoms with Crippen molar-refractivity contribution in [3.63, 3.8) is 0 Å². The molecule has 0 aromatic heterocycles. The van der Waals surface area contributed by atoms with Crippen LogP contribution in [-0.2, 0) is 16.4 Å². The van der Waals surface area contributed by atoms with Crippen LogP contribution < -0.4 is 10.1 Å². The van der Waals surface area contributed by atoms with Gasteiger partial charge in [0.25, 0.3) is 5.91 Å². The van der Waals surface area contributed by atoms with Gasteiger partial charge in [-0.1, -0.05) is 24.3 Å². The number of ether oxygens (including phenoxy) is 1. The molecule has 7 heteroatoms. The van der Waals surface area contributed by atoms with Crippen LogP contribution in [0.5, 0.6) is 5.75 Å². The average Bonchev–Trinajstić information content (AvgIpc) is 3.27.